The molecule has 0 N–H and O–H groups in total. The van der Waals surface area contributed by atoms with E-state index in [0.29, 0.717) is 32.2 Å². The van der Waals surface area contributed by atoms with Crippen molar-refractivity contribution in [3.05, 3.63) is 64.0 Å². The van der Waals surface area contributed by atoms with Crippen LogP contribution in [0.5, 0.6) is 0 Å². The second kappa shape index (κ2) is 7.46. The van der Waals surface area contributed by atoms with Crippen LogP contribution in [0.25, 0.3) is 0 Å². The number of halogens is 3. The number of likely N-dealkylation sites (N-methyl/N-ethyl adjacent to an activating group) is 1. The highest BCUT2D eigenvalue weighted by atomic mass is 32.2. The standard InChI is InChI=1S/C20H16F3N3OS2/c1-3-26-17(27)16(29-19(26)24-13-7-5-4-6-8-13)18-25(2)14-10-9-12(20(21,22)23)11-15(14)28-18/h4-11H,3H2,1-2H3/b18-16+,24-19-. The largest absolute Gasteiger partial charge is 0.416 e. The highest BCUT2D eigenvalue weighted by Crippen LogP contribution is 2.51. The van der Waals surface area contributed by atoms with E-state index in [1.165, 1.54) is 29.6 Å². The number of nitrogens with zero attached hydrogens (tertiary/aromatic N) is 3. The molecule has 0 saturated carbocycles. The predicted molar refractivity (Wildman–Crippen MR) is 111 cm³/mol. The fraction of sp³-hybridized carbons (Fsp3) is 0.200. The van der Waals surface area contributed by atoms with Crippen LogP contribution in [-0.2, 0) is 11.0 Å². The molecule has 1 fully saturated rings. The number of aliphatic imine (C=N–C) groups is 1. The number of carbonyl (C=O) groups is 1. The molecule has 0 spiro atoms. The molecule has 0 bridgehead atoms. The SMILES string of the molecule is CCN1C(=O)/C(=C2\Sc3cc(C(F)(F)F)ccc3N2C)S/C1=N\c1ccccc1. The smallest absolute Gasteiger partial charge is 0.337 e. The first-order valence-corrected chi connectivity index (χ1v) is 10.4. The number of amides is 1. The van der Waals surface area contributed by atoms with Crippen LogP contribution < -0.4 is 4.90 Å². The maximum atomic E-state index is 13.1. The molecule has 2 aliphatic rings. The minimum absolute atomic E-state index is 0.189. The third-order valence-corrected chi connectivity index (χ3v) is 6.93. The second-order valence-corrected chi connectivity index (χ2v) is 8.37. The Kier molecular flexibility index (Phi) is 5.12. The summed E-state index contributed by atoms with van der Waals surface area (Å²) < 4.78 is 39.2. The number of amidine groups is 1. The topological polar surface area (TPSA) is 35.9 Å². The van der Waals surface area contributed by atoms with Crippen LogP contribution in [0, 0.1) is 0 Å². The van der Waals surface area contributed by atoms with E-state index in [9.17, 15) is 18.0 Å². The van der Waals surface area contributed by atoms with Crippen molar-refractivity contribution in [1.29, 1.82) is 0 Å². The molecule has 0 aromatic heterocycles. The van der Waals surface area contributed by atoms with Gasteiger partial charge in [-0.25, -0.2) is 4.99 Å². The van der Waals surface area contributed by atoms with Crippen LogP contribution >= 0.6 is 23.5 Å². The van der Waals surface area contributed by atoms with Crippen molar-refractivity contribution in [3.8, 4) is 0 Å². The van der Waals surface area contributed by atoms with Gasteiger partial charge in [0.1, 0.15) is 4.91 Å². The zero-order valence-electron chi connectivity index (χ0n) is 15.5. The van der Waals surface area contributed by atoms with Gasteiger partial charge < -0.3 is 4.90 Å². The number of carbonyl (C=O) groups excluding carboxylic acids is 1. The van der Waals surface area contributed by atoms with Crippen LogP contribution in [0.1, 0.15) is 12.5 Å². The summed E-state index contributed by atoms with van der Waals surface area (Å²) in [4.78, 5) is 21.9. The summed E-state index contributed by atoms with van der Waals surface area (Å²) in [5.41, 5.74) is 0.684. The zero-order valence-corrected chi connectivity index (χ0v) is 17.2. The highest BCUT2D eigenvalue weighted by molar-refractivity contribution is 8.19. The Labute approximate surface area is 174 Å². The Morgan fingerprint density at radius 2 is 1.79 bits per heavy atom. The van der Waals surface area contributed by atoms with Gasteiger partial charge in [0.15, 0.2) is 5.17 Å². The van der Waals surface area contributed by atoms with E-state index in [1.807, 2.05) is 37.3 Å². The molecule has 2 heterocycles. The summed E-state index contributed by atoms with van der Waals surface area (Å²) in [6.45, 7) is 2.32. The van der Waals surface area contributed by atoms with E-state index in [4.69, 9.17) is 0 Å². The number of para-hydroxylation sites is 1. The van der Waals surface area contributed by atoms with Crippen LogP contribution in [0.3, 0.4) is 0 Å². The third-order valence-electron chi connectivity index (χ3n) is 4.51. The number of hydrogen-bond donors (Lipinski definition) is 0. The van der Waals surface area contributed by atoms with E-state index >= 15 is 0 Å². The van der Waals surface area contributed by atoms with Gasteiger partial charge in [-0.05, 0) is 49.0 Å². The summed E-state index contributed by atoms with van der Waals surface area (Å²) in [5.74, 6) is -0.189. The average Bonchev–Trinajstić information content (AvgIpc) is 3.18. The van der Waals surface area contributed by atoms with Gasteiger partial charge in [0.25, 0.3) is 5.91 Å². The Morgan fingerprint density at radius 3 is 2.45 bits per heavy atom. The lowest BCUT2D eigenvalue weighted by molar-refractivity contribution is -0.137. The number of thioether (sulfide) groups is 2. The summed E-state index contributed by atoms with van der Waals surface area (Å²) in [7, 11) is 1.75. The van der Waals surface area contributed by atoms with Gasteiger partial charge in [-0.15, -0.1) is 0 Å². The molecule has 1 amide bonds. The number of fused-ring (bicyclic) bond motifs is 1. The molecule has 2 aromatic carbocycles. The van der Waals surface area contributed by atoms with Gasteiger partial charge in [-0.3, -0.25) is 9.69 Å². The molecule has 2 aliphatic heterocycles. The van der Waals surface area contributed by atoms with E-state index in [-0.39, 0.29) is 5.91 Å². The first-order chi connectivity index (χ1) is 13.8. The molecule has 9 heteroatoms. The summed E-state index contributed by atoms with van der Waals surface area (Å²) >= 11 is 2.43. The number of rotatable bonds is 2. The minimum Gasteiger partial charge on any atom is -0.337 e. The van der Waals surface area contributed by atoms with Crippen LogP contribution in [0.15, 0.2) is 68.4 Å². The maximum Gasteiger partial charge on any atom is 0.416 e. The molecule has 0 aliphatic carbocycles. The molecule has 0 unspecified atom stereocenters. The molecule has 2 aromatic rings. The van der Waals surface area contributed by atoms with Gasteiger partial charge in [0, 0.05) is 18.5 Å². The molecule has 150 valence electrons. The van der Waals surface area contributed by atoms with Crippen LogP contribution in [0.2, 0.25) is 0 Å². The van der Waals surface area contributed by atoms with E-state index in [0.717, 1.165) is 17.8 Å². The zero-order chi connectivity index (χ0) is 20.8. The normalized spacial score (nSPS) is 20.7. The monoisotopic (exact) mass is 435 g/mol. The fourth-order valence-corrected chi connectivity index (χ4v) is 5.49. The lowest BCUT2D eigenvalue weighted by Gasteiger charge is -2.15. The number of hydrogen-bond acceptors (Lipinski definition) is 5. The van der Waals surface area contributed by atoms with Gasteiger partial charge in [-0.1, -0.05) is 30.0 Å². The van der Waals surface area contributed by atoms with Crippen LogP contribution in [-0.4, -0.2) is 29.6 Å². The molecule has 4 nitrogen and oxygen atoms in total. The number of anilines is 1. The quantitative estimate of drug-likeness (QED) is 0.567. The van der Waals surface area contributed by atoms with Gasteiger partial charge in [0.2, 0.25) is 0 Å². The molecular weight excluding hydrogens is 419 g/mol. The van der Waals surface area contributed by atoms with Crippen molar-refractivity contribution in [2.45, 2.75) is 18.0 Å². The molecule has 29 heavy (non-hydrogen) atoms. The lowest BCUT2D eigenvalue weighted by Crippen LogP contribution is -2.29. The van der Waals surface area contributed by atoms with E-state index in [2.05, 4.69) is 4.99 Å². The number of benzene rings is 2. The van der Waals surface area contributed by atoms with Crippen molar-refractivity contribution in [2.75, 3.05) is 18.5 Å². The van der Waals surface area contributed by atoms with Crippen molar-refractivity contribution in [2.24, 2.45) is 4.99 Å². The van der Waals surface area contributed by atoms with E-state index < -0.39 is 11.7 Å². The molecule has 0 radical (unpaired) electrons. The van der Waals surface area contributed by atoms with Crippen molar-refractivity contribution >= 4 is 46.0 Å². The Bertz CT molecular complexity index is 1040. The summed E-state index contributed by atoms with van der Waals surface area (Å²) in [6.07, 6.45) is -4.41. The minimum atomic E-state index is -4.41. The average molecular weight is 435 g/mol. The highest BCUT2D eigenvalue weighted by Gasteiger charge is 2.39. The Hall–Kier alpha value is -2.39. The predicted octanol–water partition coefficient (Wildman–Crippen LogP) is 5.70. The third kappa shape index (κ3) is 3.64. The van der Waals surface area contributed by atoms with Gasteiger partial charge in [0.05, 0.1) is 22.0 Å². The number of alkyl halides is 3. The van der Waals surface area contributed by atoms with Crippen LogP contribution in [0.4, 0.5) is 24.5 Å². The molecule has 1 saturated heterocycles. The Balaban J connectivity index is 1.71. The van der Waals surface area contributed by atoms with E-state index in [1.54, 1.807) is 16.8 Å². The second-order valence-electron chi connectivity index (χ2n) is 6.36. The first-order valence-electron chi connectivity index (χ1n) is 8.80. The lowest BCUT2D eigenvalue weighted by atomic mass is 10.2. The van der Waals surface area contributed by atoms with Crippen molar-refractivity contribution in [1.82, 2.24) is 4.90 Å². The van der Waals surface area contributed by atoms with Crippen molar-refractivity contribution < 1.29 is 18.0 Å². The van der Waals surface area contributed by atoms with Gasteiger partial charge in [-0.2, -0.15) is 13.2 Å². The Morgan fingerprint density at radius 1 is 1.07 bits per heavy atom. The van der Waals surface area contributed by atoms with Gasteiger partial charge >= 0.3 is 6.18 Å². The molecular formula is C20H16F3N3OS2. The molecule has 0 atom stereocenters. The first kappa shape index (κ1) is 19.9. The summed E-state index contributed by atoms with van der Waals surface area (Å²) in [6, 6.07) is 13.0. The van der Waals surface area contributed by atoms with Crippen molar-refractivity contribution in [3.63, 3.8) is 0 Å². The fourth-order valence-electron chi connectivity index (χ4n) is 3.04. The summed E-state index contributed by atoms with van der Waals surface area (Å²) in [5, 5.41) is 1.18. The maximum absolute atomic E-state index is 13.1. The molecule has 4 rings (SSSR count).